The first-order chi connectivity index (χ1) is 3.71. The van der Waals surface area contributed by atoms with Crippen LogP contribution in [0, 0.1) is 6.92 Å². The molecule has 0 heterocycles. The van der Waals surface area contributed by atoms with E-state index in [0.29, 0.717) is 0 Å². The summed E-state index contributed by atoms with van der Waals surface area (Å²) in [5.41, 5.74) is -0.571. The zero-order chi connectivity index (χ0) is 6.04. The van der Waals surface area contributed by atoms with Crippen molar-refractivity contribution in [1.29, 1.82) is 0 Å². The Balaban J connectivity index is 0.000000640. The minimum absolute atomic E-state index is 0. The molecule has 0 bridgehead atoms. The second kappa shape index (κ2) is 3.60. The van der Waals surface area contributed by atoms with Gasteiger partial charge in [0.2, 0.25) is 0 Å². The van der Waals surface area contributed by atoms with Crippen molar-refractivity contribution in [3.8, 4) is 0 Å². The van der Waals surface area contributed by atoms with Gasteiger partial charge in [0, 0.05) is 17.1 Å². The summed E-state index contributed by atoms with van der Waals surface area (Å²) in [5.74, 6) is 0. The van der Waals surface area contributed by atoms with Crippen LogP contribution in [0.2, 0.25) is 0 Å². The van der Waals surface area contributed by atoms with Gasteiger partial charge in [0.15, 0.2) is 0 Å². The second-order valence-corrected chi connectivity index (χ2v) is 2.79. The van der Waals surface area contributed by atoms with Crippen molar-refractivity contribution in [2.45, 2.75) is 37.7 Å². The zero-order valence-corrected chi connectivity index (χ0v) is 6.43. The van der Waals surface area contributed by atoms with E-state index in [9.17, 15) is 5.11 Å². The molecule has 0 saturated heterocycles. The predicted molar refractivity (Wildman–Crippen MR) is 33.4 cm³/mol. The number of hydrogen-bond acceptors (Lipinski definition) is 1. The number of rotatable bonds is 0. The van der Waals surface area contributed by atoms with E-state index in [1.807, 2.05) is 0 Å². The van der Waals surface area contributed by atoms with Crippen molar-refractivity contribution in [3.05, 3.63) is 6.92 Å². The van der Waals surface area contributed by atoms with Crippen LogP contribution >= 0.6 is 0 Å². The maximum Gasteiger partial charge on any atom is 0.0648 e. The molecule has 1 nitrogen and oxygen atoms in total. The normalized spacial score (nSPS) is 24.7. The van der Waals surface area contributed by atoms with Crippen LogP contribution in [-0.4, -0.2) is 10.7 Å². The monoisotopic (exact) mass is 176 g/mol. The van der Waals surface area contributed by atoms with Crippen LogP contribution in [-0.2, 0) is 17.1 Å². The Morgan fingerprint density at radius 3 is 1.78 bits per heavy atom. The molecule has 0 amide bonds. The Morgan fingerprint density at radius 2 is 1.56 bits per heavy atom. The summed E-state index contributed by atoms with van der Waals surface area (Å²) < 4.78 is 0. The molecule has 1 fully saturated rings. The Bertz CT molecular complexity index is 73.0. The Morgan fingerprint density at radius 1 is 1.11 bits per heavy atom. The first kappa shape index (κ1) is 9.48. The van der Waals surface area contributed by atoms with Crippen molar-refractivity contribution in [3.63, 3.8) is 0 Å². The molecule has 1 N–H and O–H groups in total. The molecule has 0 aromatic heterocycles. The molecule has 1 aliphatic rings. The van der Waals surface area contributed by atoms with Crippen molar-refractivity contribution < 1.29 is 22.2 Å². The van der Waals surface area contributed by atoms with E-state index in [0.717, 1.165) is 25.7 Å². The van der Waals surface area contributed by atoms with Gasteiger partial charge in [0.1, 0.15) is 0 Å². The molecule has 2 heteroatoms. The van der Waals surface area contributed by atoms with E-state index in [1.165, 1.54) is 6.42 Å². The molecule has 0 unspecified atom stereocenters. The molecule has 0 aromatic rings. The zero-order valence-electron chi connectivity index (χ0n) is 5.49. The van der Waals surface area contributed by atoms with Crippen LogP contribution in [0.3, 0.4) is 0 Å². The Kier molecular flexibility index (Phi) is 3.79. The molecule has 0 aromatic carbocycles. The van der Waals surface area contributed by atoms with Gasteiger partial charge >= 0.3 is 0 Å². The Labute approximate surface area is 67.3 Å². The maximum absolute atomic E-state index is 9.26. The van der Waals surface area contributed by atoms with Gasteiger partial charge in [0.05, 0.1) is 5.60 Å². The van der Waals surface area contributed by atoms with Gasteiger partial charge in [-0.1, -0.05) is 19.3 Å². The first-order valence-electron chi connectivity index (χ1n) is 3.28. The molecule has 0 spiro atoms. The van der Waals surface area contributed by atoms with Gasteiger partial charge in [-0.25, -0.2) is 0 Å². The third-order valence-corrected chi connectivity index (χ3v) is 1.78. The van der Waals surface area contributed by atoms with E-state index in [2.05, 4.69) is 6.92 Å². The largest absolute Gasteiger partial charge is 0.390 e. The summed E-state index contributed by atoms with van der Waals surface area (Å²) in [6, 6.07) is 0. The molecule has 1 aliphatic carbocycles. The van der Waals surface area contributed by atoms with Gasteiger partial charge in [0.25, 0.3) is 0 Å². The molecule has 2 radical (unpaired) electrons. The summed E-state index contributed by atoms with van der Waals surface area (Å²) in [6.45, 7) is 3.68. The molecular weight excluding hydrogens is 164 g/mol. The average Bonchev–Trinajstić information content (AvgIpc) is 1.65. The fourth-order valence-electron chi connectivity index (χ4n) is 1.21. The topological polar surface area (TPSA) is 20.2 Å². The smallest absolute Gasteiger partial charge is 0.0648 e. The van der Waals surface area contributed by atoms with Crippen LogP contribution in [0.25, 0.3) is 0 Å². The average molecular weight is 177 g/mol. The van der Waals surface area contributed by atoms with Crippen LogP contribution < -0.4 is 0 Å². The van der Waals surface area contributed by atoms with E-state index in [1.54, 1.807) is 0 Å². The van der Waals surface area contributed by atoms with Crippen molar-refractivity contribution >= 4 is 0 Å². The molecule has 9 heavy (non-hydrogen) atoms. The minimum atomic E-state index is -0.571. The quantitative estimate of drug-likeness (QED) is 0.555. The third kappa shape index (κ3) is 3.24. The van der Waals surface area contributed by atoms with Gasteiger partial charge in [-0.05, 0) is 19.8 Å². The van der Waals surface area contributed by atoms with Gasteiger partial charge in [-0.15, -0.1) is 0 Å². The van der Waals surface area contributed by atoms with E-state index >= 15 is 0 Å². The van der Waals surface area contributed by atoms with Crippen molar-refractivity contribution in [2.75, 3.05) is 0 Å². The van der Waals surface area contributed by atoms with E-state index in [4.69, 9.17) is 0 Å². The van der Waals surface area contributed by atoms with Crippen LogP contribution in [0.5, 0.6) is 0 Å². The minimum Gasteiger partial charge on any atom is -0.390 e. The first-order valence-corrected chi connectivity index (χ1v) is 3.28. The molecule has 58 valence electrons. The Hall–Kier alpha value is 0.479. The number of aliphatic hydroxyl groups is 1. The standard InChI is InChI=1S/C7H13O.Cu/c1-7(8)5-3-2-4-6-7;/h8H,1-6H2;. The fraction of sp³-hybridized carbons (Fsp3) is 0.857. The molecule has 0 atom stereocenters. The van der Waals surface area contributed by atoms with Crippen LogP contribution in [0.15, 0.2) is 0 Å². The van der Waals surface area contributed by atoms with Crippen LogP contribution in [0.4, 0.5) is 0 Å². The predicted octanol–water partition coefficient (Wildman–Crippen LogP) is 1.51. The maximum atomic E-state index is 9.26. The van der Waals surface area contributed by atoms with Gasteiger partial charge in [-0.2, -0.15) is 0 Å². The summed E-state index contributed by atoms with van der Waals surface area (Å²) in [5, 5.41) is 9.26. The fourth-order valence-corrected chi connectivity index (χ4v) is 1.21. The summed E-state index contributed by atoms with van der Waals surface area (Å²) >= 11 is 0. The molecule has 0 aliphatic heterocycles. The molecule has 1 rings (SSSR count). The third-order valence-electron chi connectivity index (χ3n) is 1.78. The summed E-state index contributed by atoms with van der Waals surface area (Å²) in [7, 11) is 0. The van der Waals surface area contributed by atoms with Gasteiger partial charge in [-0.3, -0.25) is 0 Å². The van der Waals surface area contributed by atoms with Crippen molar-refractivity contribution in [1.82, 2.24) is 0 Å². The van der Waals surface area contributed by atoms with E-state index in [-0.39, 0.29) is 17.1 Å². The SMILES string of the molecule is [CH2]C1(O)CCCCC1.[Cu]. The van der Waals surface area contributed by atoms with Gasteiger partial charge < -0.3 is 5.11 Å². The number of hydrogen-bond donors (Lipinski definition) is 1. The molecule has 1 saturated carbocycles. The second-order valence-electron chi connectivity index (χ2n) is 2.79. The summed E-state index contributed by atoms with van der Waals surface area (Å²) in [6.07, 6.45) is 5.37. The summed E-state index contributed by atoms with van der Waals surface area (Å²) in [4.78, 5) is 0. The van der Waals surface area contributed by atoms with Crippen LogP contribution in [0.1, 0.15) is 32.1 Å². The molecular formula is C7H13CuO. The van der Waals surface area contributed by atoms with E-state index < -0.39 is 5.60 Å². The van der Waals surface area contributed by atoms with Crippen molar-refractivity contribution in [2.24, 2.45) is 0 Å².